The first kappa shape index (κ1) is 17.2. The lowest BCUT2D eigenvalue weighted by atomic mass is 9.83. The lowest BCUT2D eigenvalue weighted by Crippen LogP contribution is -2.53. The van der Waals surface area contributed by atoms with E-state index in [1.807, 2.05) is 30.3 Å². The van der Waals surface area contributed by atoms with Crippen LogP contribution < -0.4 is 0 Å². The Balaban J connectivity index is 1.77. The first-order chi connectivity index (χ1) is 12.5. The Bertz CT molecular complexity index is 838. The van der Waals surface area contributed by atoms with Gasteiger partial charge in [-0.15, -0.1) is 0 Å². The first-order valence-corrected chi connectivity index (χ1v) is 9.16. The molecule has 3 aromatic rings. The summed E-state index contributed by atoms with van der Waals surface area (Å²) >= 11 is 0. The molecular weight excluding hydrogens is 330 g/mol. The molecule has 0 radical (unpaired) electrons. The van der Waals surface area contributed by atoms with E-state index in [1.165, 1.54) is 6.33 Å². The number of aromatic nitrogens is 3. The quantitative estimate of drug-likeness (QED) is 0.689. The van der Waals surface area contributed by atoms with Gasteiger partial charge >= 0.3 is 0 Å². The summed E-state index contributed by atoms with van der Waals surface area (Å²) in [6.07, 6.45) is 5.27. The van der Waals surface area contributed by atoms with Gasteiger partial charge < -0.3 is 13.9 Å². The minimum absolute atomic E-state index is 0.0616. The van der Waals surface area contributed by atoms with Crippen LogP contribution in [-0.2, 0) is 21.8 Å². The minimum atomic E-state index is -1.01. The molecule has 0 amide bonds. The molecule has 0 bridgehead atoms. The third-order valence-electron chi connectivity index (χ3n) is 5.07. The molecule has 1 aliphatic rings. The van der Waals surface area contributed by atoms with Crippen LogP contribution in [0.2, 0.25) is 0 Å². The monoisotopic (exact) mass is 355 g/mol. The van der Waals surface area contributed by atoms with Gasteiger partial charge in [-0.3, -0.25) is 0 Å². The highest BCUT2D eigenvalue weighted by Gasteiger charge is 2.50. The van der Waals surface area contributed by atoms with Gasteiger partial charge in [0, 0.05) is 10.8 Å². The van der Waals surface area contributed by atoms with Crippen LogP contribution in [-0.4, -0.2) is 27.5 Å². The average Bonchev–Trinajstić information content (AvgIpc) is 3.28. The van der Waals surface area contributed by atoms with Gasteiger partial charge in [0.05, 0.1) is 12.7 Å². The number of benzene rings is 1. The molecule has 2 aromatic heterocycles. The predicted molar refractivity (Wildman–Crippen MR) is 97.4 cm³/mol. The van der Waals surface area contributed by atoms with Crippen LogP contribution in [0.3, 0.4) is 0 Å². The van der Waals surface area contributed by atoms with Crippen LogP contribution >= 0.6 is 0 Å². The lowest BCUT2D eigenvalue weighted by Gasteiger charge is -2.47. The van der Waals surface area contributed by atoms with Crippen LogP contribution in [0.15, 0.2) is 47.4 Å². The fourth-order valence-electron chi connectivity index (χ4n) is 3.52. The zero-order valence-electron chi connectivity index (χ0n) is 15.5. The average molecular weight is 355 g/mol. The van der Waals surface area contributed by atoms with E-state index in [0.29, 0.717) is 18.9 Å². The molecule has 4 rings (SSSR count). The van der Waals surface area contributed by atoms with E-state index in [-0.39, 0.29) is 11.5 Å². The molecule has 0 aliphatic carbocycles. The number of ether oxygens (including phenoxy) is 2. The molecule has 1 saturated heterocycles. The summed E-state index contributed by atoms with van der Waals surface area (Å²) in [4.78, 5) is 4.05. The number of fused-ring (bicyclic) bond motifs is 1. The maximum absolute atomic E-state index is 6.61. The van der Waals surface area contributed by atoms with Crippen molar-refractivity contribution in [2.24, 2.45) is 5.41 Å². The van der Waals surface area contributed by atoms with Gasteiger partial charge in [0.2, 0.25) is 5.79 Å². The number of hydrogen-bond acceptors (Lipinski definition) is 5. The molecule has 2 atom stereocenters. The number of hydrogen-bond donors (Lipinski definition) is 0. The molecule has 3 heterocycles. The zero-order valence-corrected chi connectivity index (χ0v) is 15.5. The van der Waals surface area contributed by atoms with E-state index in [9.17, 15) is 0 Å². The van der Waals surface area contributed by atoms with Crippen molar-refractivity contribution in [3.63, 3.8) is 0 Å². The number of rotatable bonds is 5. The highest BCUT2D eigenvalue weighted by Crippen LogP contribution is 2.44. The molecule has 1 fully saturated rings. The molecule has 1 aliphatic heterocycles. The van der Waals surface area contributed by atoms with E-state index in [4.69, 9.17) is 13.9 Å². The topological polar surface area (TPSA) is 62.3 Å². The first-order valence-electron chi connectivity index (χ1n) is 9.16. The van der Waals surface area contributed by atoms with Crippen LogP contribution in [0.25, 0.3) is 11.0 Å². The number of para-hydroxylation sites is 1. The number of furan rings is 1. The Morgan fingerprint density at radius 2 is 2.12 bits per heavy atom. The standard InChI is InChI=1S/C20H25N3O3/c1-4-7-17-19(2,3)12-24-20(26-17,11-23-14-21-13-22-23)18-10-15-8-5-6-9-16(15)25-18/h5-6,8-10,13-14,17H,4,7,11-12H2,1-3H3/t17-,20+/m0/s1. The van der Waals surface area contributed by atoms with Gasteiger partial charge in [-0.05, 0) is 18.6 Å². The van der Waals surface area contributed by atoms with Crippen LogP contribution in [0, 0.1) is 5.41 Å². The molecule has 0 saturated carbocycles. The Labute approximate surface area is 153 Å². The van der Waals surface area contributed by atoms with Crippen molar-refractivity contribution in [3.05, 3.63) is 48.7 Å². The van der Waals surface area contributed by atoms with Crippen molar-refractivity contribution in [2.75, 3.05) is 6.61 Å². The second-order valence-corrected chi connectivity index (χ2v) is 7.67. The summed E-state index contributed by atoms with van der Waals surface area (Å²) in [5.74, 6) is -0.340. The largest absolute Gasteiger partial charge is 0.455 e. The van der Waals surface area contributed by atoms with Crippen molar-refractivity contribution >= 4 is 11.0 Å². The normalized spacial score (nSPS) is 25.6. The van der Waals surface area contributed by atoms with Gasteiger partial charge in [0.15, 0.2) is 5.76 Å². The predicted octanol–water partition coefficient (Wildman–Crippen LogP) is 4.12. The molecular formula is C20H25N3O3. The Morgan fingerprint density at radius 1 is 1.27 bits per heavy atom. The van der Waals surface area contributed by atoms with E-state index < -0.39 is 5.79 Å². The van der Waals surface area contributed by atoms with Crippen molar-refractivity contribution in [1.29, 1.82) is 0 Å². The highest BCUT2D eigenvalue weighted by atomic mass is 16.7. The summed E-state index contributed by atoms with van der Waals surface area (Å²) in [6.45, 7) is 7.53. The maximum atomic E-state index is 6.61. The van der Waals surface area contributed by atoms with E-state index in [0.717, 1.165) is 23.8 Å². The molecule has 138 valence electrons. The molecule has 0 spiro atoms. The lowest BCUT2D eigenvalue weighted by molar-refractivity contribution is -0.351. The third-order valence-corrected chi connectivity index (χ3v) is 5.07. The second-order valence-electron chi connectivity index (χ2n) is 7.67. The Hall–Kier alpha value is -2.18. The molecule has 26 heavy (non-hydrogen) atoms. The summed E-state index contributed by atoms with van der Waals surface area (Å²) < 4.78 is 20.8. The summed E-state index contributed by atoms with van der Waals surface area (Å²) in [7, 11) is 0. The van der Waals surface area contributed by atoms with E-state index in [1.54, 1.807) is 11.0 Å². The van der Waals surface area contributed by atoms with E-state index in [2.05, 4.69) is 30.9 Å². The van der Waals surface area contributed by atoms with Crippen molar-refractivity contribution in [2.45, 2.75) is 52.0 Å². The fraction of sp³-hybridized carbons (Fsp3) is 0.500. The SMILES string of the molecule is CCC[C@@H]1O[C@](Cn2cncn2)(c2cc3ccccc3o2)OCC1(C)C. The van der Waals surface area contributed by atoms with Gasteiger partial charge in [-0.2, -0.15) is 5.10 Å². The van der Waals surface area contributed by atoms with Crippen molar-refractivity contribution in [1.82, 2.24) is 14.8 Å². The Morgan fingerprint density at radius 3 is 2.85 bits per heavy atom. The third kappa shape index (κ3) is 3.04. The molecule has 6 nitrogen and oxygen atoms in total. The van der Waals surface area contributed by atoms with E-state index >= 15 is 0 Å². The minimum Gasteiger partial charge on any atom is -0.455 e. The van der Waals surface area contributed by atoms with Gasteiger partial charge in [-0.25, -0.2) is 9.67 Å². The van der Waals surface area contributed by atoms with Crippen LogP contribution in [0.4, 0.5) is 0 Å². The molecule has 0 unspecified atom stereocenters. The Kier molecular flexibility index (Phi) is 4.32. The maximum Gasteiger partial charge on any atom is 0.249 e. The van der Waals surface area contributed by atoms with Crippen LogP contribution in [0.5, 0.6) is 0 Å². The van der Waals surface area contributed by atoms with Gasteiger partial charge in [-0.1, -0.05) is 45.4 Å². The highest BCUT2D eigenvalue weighted by molar-refractivity contribution is 5.77. The zero-order chi connectivity index (χ0) is 18.2. The summed E-state index contributed by atoms with van der Waals surface area (Å²) in [6, 6.07) is 9.95. The smallest absolute Gasteiger partial charge is 0.249 e. The van der Waals surface area contributed by atoms with Gasteiger partial charge in [0.25, 0.3) is 0 Å². The number of nitrogens with zero attached hydrogens (tertiary/aromatic N) is 3. The van der Waals surface area contributed by atoms with Gasteiger partial charge in [0.1, 0.15) is 24.8 Å². The molecule has 1 aromatic carbocycles. The molecule has 0 N–H and O–H groups in total. The molecule has 6 heteroatoms. The second kappa shape index (κ2) is 6.52. The summed E-state index contributed by atoms with van der Waals surface area (Å²) in [5.41, 5.74) is 0.762. The van der Waals surface area contributed by atoms with Crippen LogP contribution in [0.1, 0.15) is 39.4 Å². The summed E-state index contributed by atoms with van der Waals surface area (Å²) in [5, 5.41) is 5.28. The fourth-order valence-corrected chi connectivity index (χ4v) is 3.52. The van der Waals surface area contributed by atoms with Crippen molar-refractivity contribution < 1.29 is 13.9 Å². The van der Waals surface area contributed by atoms with Crippen molar-refractivity contribution in [3.8, 4) is 0 Å².